The van der Waals surface area contributed by atoms with Crippen LogP contribution < -0.4 is 5.32 Å². The number of benzene rings is 1. The number of imide groups is 1. The number of aromatic nitrogens is 1. The Hall–Kier alpha value is -1.75. The number of halogens is 1. The molecule has 1 fully saturated rings. The molecule has 19 heavy (non-hydrogen) atoms. The Balaban J connectivity index is 2.12. The summed E-state index contributed by atoms with van der Waals surface area (Å²) >= 11 is 3.35. The molecular weight excluding hydrogens is 308 g/mol. The van der Waals surface area contributed by atoms with E-state index in [2.05, 4.69) is 26.2 Å². The van der Waals surface area contributed by atoms with Crippen LogP contribution in [0.1, 0.15) is 24.3 Å². The van der Waals surface area contributed by atoms with Crippen LogP contribution in [0.3, 0.4) is 0 Å². The number of hydrogen-bond donors (Lipinski definition) is 1. The molecule has 1 aromatic heterocycles. The SMILES string of the molecule is O=C1CCC(c2cccc3cnc(Br)cc23)C(=O)N1. The first-order valence-electron chi connectivity index (χ1n) is 6.03. The lowest BCUT2D eigenvalue weighted by Crippen LogP contribution is -2.39. The van der Waals surface area contributed by atoms with Gasteiger partial charge in [-0.15, -0.1) is 0 Å². The maximum atomic E-state index is 12.0. The van der Waals surface area contributed by atoms with Gasteiger partial charge in [0.1, 0.15) is 4.60 Å². The van der Waals surface area contributed by atoms with Gasteiger partial charge in [-0.05, 0) is 39.4 Å². The van der Waals surface area contributed by atoms with Gasteiger partial charge in [0.15, 0.2) is 0 Å². The van der Waals surface area contributed by atoms with Gasteiger partial charge in [-0.2, -0.15) is 0 Å². The largest absolute Gasteiger partial charge is 0.296 e. The van der Waals surface area contributed by atoms with Crippen LogP contribution in [0.4, 0.5) is 0 Å². The summed E-state index contributed by atoms with van der Waals surface area (Å²) in [5, 5.41) is 4.39. The minimum Gasteiger partial charge on any atom is -0.296 e. The van der Waals surface area contributed by atoms with Crippen LogP contribution in [0.2, 0.25) is 0 Å². The van der Waals surface area contributed by atoms with E-state index in [1.165, 1.54) is 0 Å². The van der Waals surface area contributed by atoms with E-state index in [0.29, 0.717) is 12.8 Å². The van der Waals surface area contributed by atoms with Gasteiger partial charge in [0, 0.05) is 18.0 Å². The Kier molecular flexibility index (Phi) is 3.06. The summed E-state index contributed by atoms with van der Waals surface area (Å²) in [5.41, 5.74) is 0.950. The Morgan fingerprint density at radius 2 is 2.16 bits per heavy atom. The maximum Gasteiger partial charge on any atom is 0.234 e. The molecule has 0 saturated carbocycles. The maximum absolute atomic E-state index is 12.0. The van der Waals surface area contributed by atoms with E-state index in [-0.39, 0.29) is 17.7 Å². The van der Waals surface area contributed by atoms with E-state index in [1.807, 2.05) is 24.3 Å². The number of rotatable bonds is 1. The fraction of sp³-hybridized carbons (Fsp3) is 0.214. The molecule has 1 aliphatic heterocycles. The molecule has 0 radical (unpaired) electrons. The first-order chi connectivity index (χ1) is 9.15. The Bertz CT molecular complexity index is 684. The van der Waals surface area contributed by atoms with Crippen molar-refractivity contribution in [3.63, 3.8) is 0 Å². The van der Waals surface area contributed by atoms with Gasteiger partial charge in [-0.3, -0.25) is 14.9 Å². The number of carbonyl (C=O) groups is 2. The Labute approximate surface area is 118 Å². The highest BCUT2D eigenvalue weighted by atomic mass is 79.9. The number of carbonyl (C=O) groups excluding carboxylic acids is 2. The normalized spacial score (nSPS) is 19.5. The molecule has 0 aliphatic carbocycles. The fourth-order valence-electron chi connectivity index (χ4n) is 2.46. The van der Waals surface area contributed by atoms with Gasteiger partial charge in [0.2, 0.25) is 11.8 Å². The van der Waals surface area contributed by atoms with Crippen molar-refractivity contribution in [2.45, 2.75) is 18.8 Å². The van der Waals surface area contributed by atoms with E-state index in [9.17, 15) is 9.59 Å². The number of hydrogen-bond acceptors (Lipinski definition) is 3. The van der Waals surface area contributed by atoms with Crippen LogP contribution in [0.5, 0.6) is 0 Å². The molecule has 5 heteroatoms. The van der Waals surface area contributed by atoms with E-state index < -0.39 is 0 Å². The molecule has 0 spiro atoms. The topological polar surface area (TPSA) is 59.1 Å². The number of pyridine rings is 1. The minimum absolute atomic E-state index is 0.190. The number of amides is 2. The zero-order chi connectivity index (χ0) is 13.4. The third kappa shape index (κ3) is 2.26. The van der Waals surface area contributed by atoms with Gasteiger partial charge >= 0.3 is 0 Å². The Morgan fingerprint density at radius 1 is 1.32 bits per heavy atom. The first kappa shape index (κ1) is 12.3. The van der Waals surface area contributed by atoms with Crippen LogP contribution in [0, 0.1) is 0 Å². The quantitative estimate of drug-likeness (QED) is 0.649. The lowest BCUT2D eigenvalue weighted by Gasteiger charge is -2.22. The van der Waals surface area contributed by atoms with Crippen molar-refractivity contribution in [2.75, 3.05) is 0 Å². The third-order valence-corrected chi connectivity index (χ3v) is 3.81. The summed E-state index contributed by atoms with van der Waals surface area (Å²) < 4.78 is 0.736. The summed E-state index contributed by atoms with van der Waals surface area (Å²) in [7, 11) is 0. The number of nitrogens with zero attached hydrogens (tertiary/aromatic N) is 1. The molecule has 1 N–H and O–H groups in total. The van der Waals surface area contributed by atoms with Crippen LogP contribution in [-0.4, -0.2) is 16.8 Å². The molecule has 1 aromatic carbocycles. The monoisotopic (exact) mass is 318 g/mol. The second kappa shape index (κ2) is 4.74. The average Bonchev–Trinajstić information content (AvgIpc) is 2.38. The van der Waals surface area contributed by atoms with Gasteiger partial charge in [-0.1, -0.05) is 18.2 Å². The van der Waals surface area contributed by atoms with Gasteiger partial charge in [-0.25, -0.2) is 4.98 Å². The summed E-state index contributed by atoms with van der Waals surface area (Å²) in [6, 6.07) is 7.73. The standard InChI is InChI=1S/C14H11BrN2O2/c15-12-6-11-8(7-16-12)2-1-3-9(11)10-4-5-13(18)17-14(10)19/h1-3,6-7,10H,4-5H2,(H,17,18,19). The summed E-state index contributed by atoms with van der Waals surface area (Å²) in [4.78, 5) is 27.4. The number of piperidine rings is 1. The molecule has 4 nitrogen and oxygen atoms in total. The highest BCUT2D eigenvalue weighted by molar-refractivity contribution is 9.10. The van der Waals surface area contributed by atoms with Gasteiger partial charge < -0.3 is 0 Å². The molecular formula is C14H11BrN2O2. The van der Waals surface area contributed by atoms with Gasteiger partial charge in [0.25, 0.3) is 0 Å². The van der Waals surface area contributed by atoms with Crippen molar-refractivity contribution >= 4 is 38.5 Å². The van der Waals surface area contributed by atoms with Crippen molar-refractivity contribution in [1.29, 1.82) is 0 Å². The van der Waals surface area contributed by atoms with Gasteiger partial charge in [0.05, 0.1) is 5.92 Å². The third-order valence-electron chi connectivity index (χ3n) is 3.38. The number of fused-ring (bicyclic) bond motifs is 1. The van der Waals surface area contributed by atoms with Crippen LogP contribution >= 0.6 is 15.9 Å². The molecule has 1 saturated heterocycles. The Morgan fingerprint density at radius 3 is 2.95 bits per heavy atom. The molecule has 2 amide bonds. The molecule has 96 valence electrons. The zero-order valence-electron chi connectivity index (χ0n) is 10.0. The van der Waals surface area contributed by atoms with Crippen LogP contribution in [-0.2, 0) is 9.59 Å². The van der Waals surface area contributed by atoms with Crippen LogP contribution in [0.25, 0.3) is 10.8 Å². The van der Waals surface area contributed by atoms with Crippen molar-refractivity contribution in [2.24, 2.45) is 0 Å². The summed E-state index contributed by atoms with van der Waals surface area (Å²) in [5.74, 6) is -0.670. The summed E-state index contributed by atoms with van der Waals surface area (Å²) in [6.07, 6.45) is 2.72. The molecule has 2 heterocycles. The second-order valence-electron chi connectivity index (χ2n) is 4.58. The predicted octanol–water partition coefficient (Wildman–Crippen LogP) is 2.52. The first-order valence-corrected chi connectivity index (χ1v) is 6.82. The van der Waals surface area contributed by atoms with E-state index in [4.69, 9.17) is 0 Å². The van der Waals surface area contributed by atoms with E-state index in [0.717, 1.165) is 20.9 Å². The minimum atomic E-state index is -0.268. The van der Waals surface area contributed by atoms with Crippen LogP contribution in [0.15, 0.2) is 35.1 Å². The van der Waals surface area contributed by atoms with E-state index >= 15 is 0 Å². The average molecular weight is 319 g/mol. The van der Waals surface area contributed by atoms with Crippen molar-refractivity contribution in [3.05, 3.63) is 40.6 Å². The molecule has 1 unspecified atom stereocenters. The summed E-state index contributed by atoms with van der Waals surface area (Å²) in [6.45, 7) is 0. The molecule has 1 atom stereocenters. The lowest BCUT2D eigenvalue weighted by atomic mass is 9.88. The van der Waals surface area contributed by atoms with Crippen molar-refractivity contribution in [1.82, 2.24) is 10.3 Å². The van der Waals surface area contributed by atoms with E-state index in [1.54, 1.807) is 6.20 Å². The fourth-order valence-corrected chi connectivity index (χ4v) is 2.79. The highest BCUT2D eigenvalue weighted by Crippen LogP contribution is 2.31. The number of nitrogens with one attached hydrogen (secondary N) is 1. The van der Waals surface area contributed by atoms with Crippen molar-refractivity contribution in [3.8, 4) is 0 Å². The predicted molar refractivity (Wildman–Crippen MR) is 74.6 cm³/mol. The molecule has 3 rings (SSSR count). The molecule has 0 bridgehead atoms. The zero-order valence-corrected chi connectivity index (χ0v) is 11.6. The molecule has 1 aliphatic rings. The smallest absolute Gasteiger partial charge is 0.234 e. The molecule has 2 aromatic rings. The van der Waals surface area contributed by atoms with Crippen molar-refractivity contribution < 1.29 is 9.59 Å². The second-order valence-corrected chi connectivity index (χ2v) is 5.39. The highest BCUT2D eigenvalue weighted by Gasteiger charge is 2.28. The lowest BCUT2D eigenvalue weighted by molar-refractivity contribution is -0.134.